The molecule has 9 heteroatoms. The second kappa shape index (κ2) is 8.39. The lowest BCUT2D eigenvalue weighted by atomic mass is 10.1. The van der Waals surface area contributed by atoms with Crippen LogP contribution in [0.25, 0.3) is 10.9 Å². The van der Waals surface area contributed by atoms with Gasteiger partial charge in [-0.05, 0) is 23.8 Å². The first kappa shape index (κ1) is 20.3. The second-order valence-corrected chi connectivity index (χ2v) is 6.90. The van der Waals surface area contributed by atoms with Gasteiger partial charge in [0, 0.05) is 30.9 Å². The fraction of sp³-hybridized carbons (Fsp3) is 0.227. The Balaban J connectivity index is 1.78. The summed E-state index contributed by atoms with van der Waals surface area (Å²) in [5.74, 6) is 3.42. The highest BCUT2D eigenvalue weighted by Gasteiger charge is 2.21. The van der Waals surface area contributed by atoms with Crippen LogP contribution >= 0.6 is 0 Å². The molecule has 4 aromatic rings. The monoisotopic (exact) mass is 420 g/mol. The average Bonchev–Trinajstić information content (AvgIpc) is 3.22. The third-order valence-electron chi connectivity index (χ3n) is 5.07. The normalized spacial score (nSPS) is 11.9. The molecule has 0 amide bonds. The van der Waals surface area contributed by atoms with Gasteiger partial charge in [0.1, 0.15) is 23.4 Å². The number of imidazole rings is 1. The minimum atomic E-state index is -0.303. The van der Waals surface area contributed by atoms with Crippen LogP contribution < -0.4 is 25.3 Å². The summed E-state index contributed by atoms with van der Waals surface area (Å²) < 4.78 is 18.0. The topological polar surface area (TPSA) is 109 Å². The number of hydrogen-bond donors (Lipinski definition) is 2. The van der Waals surface area contributed by atoms with Gasteiger partial charge >= 0.3 is 0 Å². The van der Waals surface area contributed by atoms with Gasteiger partial charge in [0.25, 0.3) is 0 Å². The smallest absolute Gasteiger partial charge is 0.226 e. The van der Waals surface area contributed by atoms with Crippen molar-refractivity contribution in [1.82, 2.24) is 19.5 Å². The fourth-order valence-electron chi connectivity index (χ4n) is 3.42. The van der Waals surface area contributed by atoms with Gasteiger partial charge in [-0.2, -0.15) is 4.98 Å². The molecule has 0 spiro atoms. The lowest BCUT2D eigenvalue weighted by Gasteiger charge is -2.20. The summed E-state index contributed by atoms with van der Waals surface area (Å²) in [6.07, 6.45) is 3.64. The summed E-state index contributed by atoms with van der Waals surface area (Å²) in [6, 6.07) is 11.0. The first-order valence-electron chi connectivity index (χ1n) is 9.61. The third kappa shape index (κ3) is 3.89. The minimum absolute atomic E-state index is 0.303. The van der Waals surface area contributed by atoms with Gasteiger partial charge in [0.05, 0.1) is 26.8 Å². The van der Waals surface area contributed by atoms with Gasteiger partial charge in [-0.3, -0.25) is 0 Å². The summed E-state index contributed by atoms with van der Waals surface area (Å²) in [5, 5.41) is 4.06. The van der Waals surface area contributed by atoms with E-state index < -0.39 is 0 Å². The molecule has 2 aromatic heterocycles. The number of nitrogen functional groups attached to an aromatic ring is 1. The fourth-order valence-corrected chi connectivity index (χ4v) is 3.42. The van der Waals surface area contributed by atoms with E-state index in [0.29, 0.717) is 34.2 Å². The standard InChI is InChI=1S/C22H24N6O3/c1-28-10-9-24-21(28)19(13-5-7-14(29-2)8-6-13)26-22-25-16-12-18(31-4)17(30-3)11-15(16)20(23)27-22/h5-12,19H,1-4H3,(H3,23,25,26,27). The van der Waals surface area contributed by atoms with Crippen molar-refractivity contribution < 1.29 is 14.2 Å². The van der Waals surface area contributed by atoms with Gasteiger partial charge < -0.3 is 29.8 Å². The first-order valence-corrected chi connectivity index (χ1v) is 9.61. The molecule has 0 bridgehead atoms. The van der Waals surface area contributed by atoms with Gasteiger partial charge in [-0.1, -0.05) is 12.1 Å². The predicted octanol–water partition coefficient (Wildman–Crippen LogP) is 3.17. The second-order valence-electron chi connectivity index (χ2n) is 6.90. The van der Waals surface area contributed by atoms with Gasteiger partial charge in [-0.15, -0.1) is 0 Å². The third-order valence-corrected chi connectivity index (χ3v) is 5.07. The molecule has 0 saturated heterocycles. The number of fused-ring (bicyclic) bond motifs is 1. The number of anilines is 2. The number of ether oxygens (including phenoxy) is 3. The predicted molar refractivity (Wildman–Crippen MR) is 119 cm³/mol. The molecule has 3 N–H and O–H groups in total. The van der Waals surface area contributed by atoms with Gasteiger partial charge in [-0.25, -0.2) is 9.97 Å². The van der Waals surface area contributed by atoms with E-state index >= 15 is 0 Å². The summed E-state index contributed by atoms with van der Waals surface area (Å²) in [5.41, 5.74) is 7.86. The summed E-state index contributed by atoms with van der Waals surface area (Å²) in [6.45, 7) is 0. The van der Waals surface area contributed by atoms with E-state index in [4.69, 9.17) is 19.9 Å². The molecule has 1 unspecified atom stereocenters. The minimum Gasteiger partial charge on any atom is -0.497 e. The van der Waals surface area contributed by atoms with Crippen molar-refractivity contribution in [2.24, 2.45) is 7.05 Å². The summed E-state index contributed by atoms with van der Waals surface area (Å²) in [7, 11) is 6.73. The molecule has 160 valence electrons. The van der Waals surface area contributed by atoms with Crippen LogP contribution in [-0.4, -0.2) is 40.8 Å². The number of benzene rings is 2. The van der Waals surface area contributed by atoms with E-state index in [2.05, 4.69) is 20.3 Å². The molecule has 0 aliphatic rings. The molecule has 0 fully saturated rings. The maximum atomic E-state index is 6.25. The van der Waals surface area contributed by atoms with Crippen LogP contribution in [0.4, 0.5) is 11.8 Å². The van der Waals surface area contributed by atoms with Crippen LogP contribution in [-0.2, 0) is 7.05 Å². The lowest BCUT2D eigenvalue weighted by molar-refractivity contribution is 0.356. The Morgan fingerprint density at radius 3 is 2.29 bits per heavy atom. The van der Waals surface area contributed by atoms with Crippen molar-refractivity contribution in [3.8, 4) is 17.2 Å². The summed E-state index contributed by atoms with van der Waals surface area (Å²) in [4.78, 5) is 13.6. The first-order chi connectivity index (χ1) is 15.0. The van der Waals surface area contributed by atoms with E-state index in [1.165, 1.54) is 0 Å². The van der Waals surface area contributed by atoms with Crippen LogP contribution in [0.2, 0.25) is 0 Å². The van der Waals surface area contributed by atoms with Crippen LogP contribution in [0.15, 0.2) is 48.8 Å². The molecular formula is C22H24N6O3. The van der Waals surface area contributed by atoms with Crippen molar-refractivity contribution in [2.75, 3.05) is 32.4 Å². The molecule has 31 heavy (non-hydrogen) atoms. The summed E-state index contributed by atoms with van der Waals surface area (Å²) >= 11 is 0. The largest absolute Gasteiger partial charge is 0.497 e. The number of methoxy groups -OCH3 is 3. The van der Waals surface area contributed by atoms with E-state index in [-0.39, 0.29) is 6.04 Å². The highest BCUT2D eigenvalue weighted by atomic mass is 16.5. The Morgan fingerprint density at radius 2 is 1.68 bits per heavy atom. The van der Waals surface area contributed by atoms with Crippen LogP contribution in [0.5, 0.6) is 17.2 Å². The van der Waals surface area contributed by atoms with E-state index in [9.17, 15) is 0 Å². The van der Waals surface area contributed by atoms with Crippen molar-refractivity contribution >= 4 is 22.7 Å². The van der Waals surface area contributed by atoms with Crippen molar-refractivity contribution in [1.29, 1.82) is 0 Å². The molecule has 4 rings (SSSR count). The Kier molecular flexibility index (Phi) is 5.48. The van der Waals surface area contributed by atoms with Crippen molar-refractivity contribution in [3.05, 3.63) is 60.2 Å². The lowest BCUT2D eigenvalue weighted by Crippen LogP contribution is -2.18. The quantitative estimate of drug-likeness (QED) is 0.469. The number of nitrogens with one attached hydrogen (secondary N) is 1. The molecule has 1 atom stereocenters. The number of nitrogens with zero attached hydrogens (tertiary/aromatic N) is 4. The van der Waals surface area contributed by atoms with Gasteiger partial charge in [0.15, 0.2) is 11.5 Å². The molecule has 2 heterocycles. The Labute approximate surface area is 179 Å². The molecular weight excluding hydrogens is 396 g/mol. The molecule has 9 nitrogen and oxygen atoms in total. The maximum absolute atomic E-state index is 6.25. The number of nitrogens with two attached hydrogens (primary N) is 1. The Hall–Kier alpha value is -4.01. The Bertz CT molecular complexity index is 1210. The van der Waals surface area contributed by atoms with Gasteiger partial charge in [0.2, 0.25) is 5.95 Å². The average molecular weight is 420 g/mol. The number of hydrogen-bond acceptors (Lipinski definition) is 8. The highest BCUT2D eigenvalue weighted by Crippen LogP contribution is 2.34. The highest BCUT2D eigenvalue weighted by molar-refractivity contribution is 5.91. The molecule has 0 radical (unpaired) electrons. The van der Waals surface area contributed by atoms with Crippen molar-refractivity contribution in [2.45, 2.75) is 6.04 Å². The van der Waals surface area contributed by atoms with Crippen molar-refractivity contribution in [3.63, 3.8) is 0 Å². The Morgan fingerprint density at radius 1 is 0.968 bits per heavy atom. The van der Waals surface area contributed by atoms with Crippen LogP contribution in [0.3, 0.4) is 0 Å². The molecule has 0 aliphatic heterocycles. The zero-order valence-corrected chi connectivity index (χ0v) is 17.8. The number of aromatic nitrogens is 4. The van der Waals surface area contributed by atoms with E-state index in [1.54, 1.807) is 39.7 Å². The number of aryl methyl sites for hydroxylation is 1. The zero-order valence-electron chi connectivity index (χ0n) is 17.8. The molecule has 0 aliphatic carbocycles. The zero-order chi connectivity index (χ0) is 22.0. The van der Waals surface area contributed by atoms with Crippen LogP contribution in [0.1, 0.15) is 17.4 Å². The molecule has 2 aromatic carbocycles. The van der Waals surface area contributed by atoms with E-state index in [0.717, 1.165) is 17.1 Å². The number of rotatable bonds is 7. The van der Waals surface area contributed by atoms with E-state index in [1.807, 2.05) is 42.1 Å². The SMILES string of the molecule is COc1ccc(C(Nc2nc(N)c3cc(OC)c(OC)cc3n2)c2nccn2C)cc1. The molecule has 0 saturated carbocycles. The maximum Gasteiger partial charge on any atom is 0.226 e. The van der Waals surface area contributed by atoms with Crippen LogP contribution in [0, 0.1) is 0 Å².